The Labute approximate surface area is 100 Å². The van der Waals surface area contributed by atoms with Crippen LogP contribution in [0.5, 0.6) is 5.88 Å². The van der Waals surface area contributed by atoms with E-state index in [9.17, 15) is 0 Å². The maximum atomic E-state index is 5.58. The first-order chi connectivity index (χ1) is 8.24. The van der Waals surface area contributed by atoms with Gasteiger partial charge >= 0.3 is 0 Å². The van der Waals surface area contributed by atoms with Gasteiger partial charge in [-0.15, -0.1) is 0 Å². The molecule has 4 nitrogen and oxygen atoms in total. The molecule has 0 amide bonds. The van der Waals surface area contributed by atoms with Crippen LogP contribution in [0.3, 0.4) is 0 Å². The van der Waals surface area contributed by atoms with E-state index in [4.69, 9.17) is 10.5 Å². The molecule has 2 aromatic rings. The molecule has 0 radical (unpaired) electrons. The topological polar surface area (TPSA) is 61.0 Å². The minimum Gasteiger partial charge on any atom is -0.481 e. The molecule has 4 heteroatoms. The number of nitrogens with two attached hydrogens (primary N) is 1. The zero-order valence-corrected chi connectivity index (χ0v) is 9.97. The quantitative estimate of drug-likeness (QED) is 0.873. The summed E-state index contributed by atoms with van der Waals surface area (Å²) in [5.74, 6) is 0.589. The van der Waals surface area contributed by atoms with E-state index < -0.39 is 0 Å². The molecule has 0 aromatic carbocycles. The highest BCUT2D eigenvalue weighted by Gasteiger charge is 2.06. The van der Waals surface area contributed by atoms with Crippen LogP contribution in [0.2, 0.25) is 0 Å². The van der Waals surface area contributed by atoms with Crippen LogP contribution in [0.25, 0.3) is 11.3 Å². The third kappa shape index (κ3) is 2.42. The van der Waals surface area contributed by atoms with E-state index >= 15 is 0 Å². The van der Waals surface area contributed by atoms with Crippen LogP contribution in [-0.2, 0) is 6.54 Å². The number of aromatic nitrogens is 2. The van der Waals surface area contributed by atoms with Crippen molar-refractivity contribution in [3.63, 3.8) is 0 Å². The average molecular weight is 229 g/mol. The lowest BCUT2D eigenvalue weighted by Gasteiger charge is -2.07. The Hall–Kier alpha value is -1.94. The van der Waals surface area contributed by atoms with Crippen molar-refractivity contribution in [2.45, 2.75) is 13.5 Å². The highest BCUT2D eigenvalue weighted by molar-refractivity contribution is 5.63. The molecular weight excluding hydrogens is 214 g/mol. The fourth-order valence-electron chi connectivity index (χ4n) is 1.72. The Morgan fingerprint density at radius 3 is 2.76 bits per heavy atom. The number of aryl methyl sites for hydroxylation is 1. The zero-order chi connectivity index (χ0) is 12.3. The first kappa shape index (κ1) is 11.5. The number of nitrogens with zero attached hydrogens (tertiary/aromatic N) is 2. The van der Waals surface area contributed by atoms with Gasteiger partial charge in [-0.25, -0.2) is 4.98 Å². The van der Waals surface area contributed by atoms with Crippen LogP contribution in [0.4, 0.5) is 0 Å². The molecule has 0 atom stereocenters. The molecule has 0 saturated carbocycles. The van der Waals surface area contributed by atoms with Crippen molar-refractivity contribution >= 4 is 0 Å². The molecule has 17 heavy (non-hydrogen) atoms. The number of hydrogen-bond acceptors (Lipinski definition) is 4. The molecule has 2 aromatic heterocycles. The second-order valence-corrected chi connectivity index (χ2v) is 3.80. The number of methoxy groups -OCH3 is 1. The summed E-state index contributed by atoms with van der Waals surface area (Å²) in [5.41, 5.74) is 9.65. The van der Waals surface area contributed by atoms with Crippen molar-refractivity contribution in [3.05, 3.63) is 41.7 Å². The summed E-state index contributed by atoms with van der Waals surface area (Å²) in [7, 11) is 1.60. The third-order valence-corrected chi connectivity index (χ3v) is 2.59. The van der Waals surface area contributed by atoms with Gasteiger partial charge in [-0.3, -0.25) is 4.98 Å². The van der Waals surface area contributed by atoms with Crippen LogP contribution in [0, 0.1) is 6.92 Å². The van der Waals surface area contributed by atoms with Gasteiger partial charge in [0.1, 0.15) is 0 Å². The SMILES string of the molecule is COc1cc(-c2ncc(CN)cc2C)ccn1. The van der Waals surface area contributed by atoms with Gasteiger partial charge in [0.05, 0.1) is 12.8 Å². The van der Waals surface area contributed by atoms with Gasteiger partial charge in [-0.1, -0.05) is 6.07 Å². The molecule has 0 bridgehead atoms. The summed E-state index contributed by atoms with van der Waals surface area (Å²) in [5, 5.41) is 0. The van der Waals surface area contributed by atoms with E-state index in [0.29, 0.717) is 12.4 Å². The first-order valence-corrected chi connectivity index (χ1v) is 5.40. The van der Waals surface area contributed by atoms with Crippen molar-refractivity contribution in [2.75, 3.05) is 7.11 Å². The summed E-state index contributed by atoms with van der Waals surface area (Å²) in [6, 6.07) is 5.84. The molecule has 0 aliphatic rings. The number of rotatable bonds is 3. The standard InChI is InChI=1S/C13H15N3O/c1-9-5-10(7-14)8-16-13(9)11-3-4-15-12(6-11)17-2/h3-6,8H,7,14H2,1-2H3. The fourth-order valence-corrected chi connectivity index (χ4v) is 1.72. The zero-order valence-electron chi connectivity index (χ0n) is 9.97. The van der Waals surface area contributed by atoms with Gasteiger partial charge in [-0.05, 0) is 24.1 Å². The highest BCUT2D eigenvalue weighted by Crippen LogP contribution is 2.23. The minimum atomic E-state index is 0.508. The molecule has 2 N–H and O–H groups in total. The molecule has 0 unspecified atom stereocenters. The largest absolute Gasteiger partial charge is 0.481 e. The predicted octanol–water partition coefficient (Wildman–Crippen LogP) is 1.92. The van der Waals surface area contributed by atoms with Crippen LogP contribution in [0.15, 0.2) is 30.6 Å². The lowest BCUT2D eigenvalue weighted by molar-refractivity contribution is 0.398. The molecule has 88 valence electrons. The Balaban J connectivity index is 2.45. The van der Waals surface area contributed by atoms with E-state index in [0.717, 1.165) is 22.4 Å². The number of pyridine rings is 2. The Morgan fingerprint density at radius 1 is 1.29 bits per heavy atom. The first-order valence-electron chi connectivity index (χ1n) is 5.40. The summed E-state index contributed by atoms with van der Waals surface area (Å²) in [6.07, 6.45) is 3.52. The fraction of sp³-hybridized carbons (Fsp3) is 0.231. The molecular formula is C13H15N3O. The predicted molar refractivity (Wildman–Crippen MR) is 66.6 cm³/mol. The monoisotopic (exact) mass is 229 g/mol. The maximum Gasteiger partial charge on any atom is 0.213 e. The highest BCUT2D eigenvalue weighted by atomic mass is 16.5. The number of ether oxygens (including phenoxy) is 1. The van der Waals surface area contributed by atoms with Crippen molar-refractivity contribution in [1.82, 2.24) is 9.97 Å². The van der Waals surface area contributed by atoms with Crippen molar-refractivity contribution < 1.29 is 4.74 Å². The van der Waals surface area contributed by atoms with Crippen molar-refractivity contribution in [3.8, 4) is 17.1 Å². The molecule has 2 rings (SSSR count). The van der Waals surface area contributed by atoms with Gasteiger partial charge in [0.2, 0.25) is 5.88 Å². The lowest BCUT2D eigenvalue weighted by atomic mass is 10.1. The van der Waals surface area contributed by atoms with Crippen LogP contribution in [-0.4, -0.2) is 17.1 Å². The summed E-state index contributed by atoms with van der Waals surface area (Å²) < 4.78 is 5.10. The summed E-state index contributed by atoms with van der Waals surface area (Å²) in [4.78, 5) is 8.51. The Kier molecular flexibility index (Phi) is 3.35. The van der Waals surface area contributed by atoms with Gasteiger partial charge in [0.15, 0.2) is 0 Å². The van der Waals surface area contributed by atoms with E-state index in [2.05, 4.69) is 16.0 Å². The van der Waals surface area contributed by atoms with Crippen LogP contribution >= 0.6 is 0 Å². The third-order valence-electron chi connectivity index (χ3n) is 2.59. The molecule has 0 saturated heterocycles. The van der Waals surface area contributed by atoms with E-state index in [1.54, 1.807) is 19.5 Å². The van der Waals surface area contributed by atoms with Crippen LogP contribution in [0.1, 0.15) is 11.1 Å². The maximum absolute atomic E-state index is 5.58. The average Bonchev–Trinajstić information content (AvgIpc) is 2.38. The molecule has 0 fully saturated rings. The molecule has 0 aliphatic heterocycles. The van der Waals surface area contributed by atoms with Gasteiger partial charge in [0.25, 0.3) is 0 Å². The summed E-state index contributed by atoms with van der Waals surface area (Å²) in [6.45, 7) is 2.53. The van der Waals surface area contributed by atoms with Crippen molar-refractivity contribution in [2.24, 2.45) is 5.73 Å². The summed E-state index contributed by atoms with van der Waals surface area (Å²) >= 11 is 0. The second kappa shape index (κ2) is 4.93. The normalized spacial score (nSPS) is 10.3. The molecule has 0 spiro atoms. The minimum absolute atomic E-state index is 0.508. The lowest BCUT2D eigenvalue weighted by Crippen LogP contribution is -1.99. The Bertz CT molecular complexity index is 526. The Morgan fingerprint density at radius 2 is 2.12 bits per heavy atom. The van der Waals surface area contributed by atoms with E-state index in [1.807, 2.05) is 19.1 Å². The van der Waals surface area contributed by atoms with E-state index in [-0.39, 0.29) is 0 Å². The smallest absolute Gasteiger partial charge is 0.213 e. The van der Waals surface area contributed by atoms with Crippen LogP contribution < -0.4 is 10.5 Å². The molecule has 0 aliphatic carbocycles. The van der Waals surface area contributed by atoms with Gasteiger partial charge in [-0.2, -0.15) is 0 Å². The van der Waals surface area contributed by atoms with Crippen molar-refractivity contribution in [1.29, 1.82) is 0 Å². The van der Waals surface area contributed by atoms with Gasteiger partial charge in [0, 0.05) is 30.6 Å². The second-order valence-electron chi connectivity index (χ2n) is 3.80. The molecule has 2 heterocycles. The van der Waals surface area contributed by atoms with E-state index in [1.165, 1.54) is 0 Å². The number of hydrogen-bond donors (Lipinski definition) is 1. The van der Waals surface area contributed by atoms with Gasteiger partial charge < -0.3 is 10.5 Å².